The number of hydrogen-bond acceptors (Lipinski definition) is 1. The lowest BCUT2D eigenvalue weighted by molar-refractivity contribution is -0.917. The third kappa shape index (κ3) is 4.20. The Kier molecular flexibility index (Phi) is 4.95. The summed E-state index contributed by atoms with van der Waals surface area (Å²) in [7, 11) is 0. The molecule has 4 heteroatoms. The molecule has 2 aromatic carbocycles. The highest BCUT2D eigenvalue weighted by Gasteiger charge is 2.35. The van der Waals surface area contributed by atoms with Gasteiger partial charge in [-0.15, -0.1) is 0 Å². The van der Waals surface area contributed by atoms with E-state index >= 15 is 0 Å². The predicted molar refractivity (Wildman–Crippen MR) is 93.5 cm³/mol. The molecule has 0 aromatic heterocycles. The molecule has 1 saturated carbocycles. The molecule has 1 amide bonds. The van der Waals surface area contributed by atoms with Gasteiger partial charge in [-0.25, -0.2) is 4.39 Å². The number of carbonyl (C=O) groups excluding carboxylic acids is 1. The normalized spacial score (nSPS) is 15.1. The Morgan fingerprint density at radius 2 is 1.92 bits per heavy atom. The summed E-state index contributed by atoms with van der Waals surface area (Å²) < 4.78 is 13.9. The minimum Gasteiger partial charge on any atom is -0.321 e. The average molecular weight is 327 g/mol. The van der Waals surface area contributed by atoms with Crippen LogP contribution >= 0.6 is 0 Å². The highest BCUT2D eigenvalue weighted by molar-refractivity contribution is 5.91. The molecule has 0 spiro atoms. The Morgan fingerprint density at radius 3 is 2.58 bits per heavy atom. The zero-order valence-electron chi connectivity index (χ0n) is 14.2. The summed E-state index contributed by atoms with van der Waals surface area (Å²) in [5.41, 5.74) is 3.87. The number of rotatable bonds is 6. The first-order valence-corrected chi connectivity index (χ1v) is 8.48. The molecule has 2 N–H and O–H groups in total. The second-order valence-corrected chi connectivity index (χ2v) is 6.72. The molecule has 1 aliphatic rings. The fraction of sp³-hybridized carbons (Fsp3) is 0.350. The van der Waals surface area contributed by atoms with Gasteiger partial charge in [0, 0.05) is 24.1 Å². The van der Waals surface area contributed by atoms with Crippen molar-refractivity contribution in [3.63, 3.8) is 0 Å². The third-order valence-corrected chi connectivity index (χ3v) is 4.71. The number of amides is 1. The summed E-state index contributed by atoms with van der Waals surface area (Å²) >= 11 is 0. The minimum absolute atomic E-state index is 0.0171. The first-order chi connectivity index (χ1) is 11.5. The molecule has 0 saturated heterocycles. The molecular formula is C20H24FN2O+. The standard InChI is InChI=1S/C20H23FN2O/c1-14-7-8-17(11-15(14)2)22-20(24)13-23(18-9-10-18)12-16-5-3-4-6-19(16)21/h3-8,11,18H,9-10,12-13H2,1-2H3,(H,22,24)/p+1. The van der Waals surface area contributed by atoms with Crippen molar-refractivity contribution in [1.82, 2.24) is 0 Å². The number of anilines is 1. The van der Waals surface area contributed by atoms with Crippen LogP contribution in [-0.4, -0.2) is 18.5 Å². The first-order valence-electron chi connectivity index (χ1n) is 8.48. The maximum atomic E-state index is 13.9. The number of hydrogen-bond donors (Lipinski definition) is 2. The summed E-state index contributed by atoms with van der Waals surface area (Å²) in [4.78, 5) is 13.5. The van der Waals surface area contributed by atoms with Gasteiger partial charge in [0.25, 0.3) is 5.91 Å². The Hall–Kier alpha value is -2.20. The number of halogens is 1. The fourth-order valence-electron chi connectivity index (χ4n) is 2.96. The van der Waals surface area contributed by atoms with Crippen LogP contribution in [-0.2, 0) is 11.3 Å². The average Bonchev–Trinajstić information content (AvgIpc) is 3.37. The van der Waals surface area contributed by atoms with Gasteiger partial charge in [0.1, 0.15) is 12.4 Å². The van der Waals surface area contributed by atoms with E-state index in [0.717, 1.165) is 29.0 Å². The summed E-state index contributed by atoms with van der Waals surface area (Å²) in [5.74, 6) is -0.207. The molecule has 1 atom stereocenters. The maximum absolute atomic E-state index is 13.9. The third-order valence-electron chi connectivity index (χ3n) is 4.71. The van der Waals surface area contributed by atoms with Crippen molar-refractivity contribution in [2.75, 3.05) is 11.9 Å². The van der Waals surface area contributed by atoms with Crippen molar-refractivity contribution in [2.24, 2.45) is 0 Å². The van der Waals surface area contributed by atoms with E-state index in [-0.39, 0.29) is 11.7 Å². The quantitative estimate of drug-likeness (QED) is 0.840. The molecule has 1 fully saturated rings. The molecule has 0 aliphatic heterocycles. The summed E-state index contributed by atoms with van der Waals surface area (Å²) in [6.07, 6.45) is 2.22. The number of quaternary nitrogens is 1. The lowest BCUT2D eigenvalue weighted by Gasteiger charge is -2.19. The van der Waals surface area contributed by atoms with Crippen molar-refractivity contribution in [1.29, 1.82) is 0 Å². The van der Waals surface area contributed by atoms with Crippen LogP contribution in [0.2, 0.25) is 0 Å². The zero-order valence-corrected chi connectivity index (χ0v) is 14.2. The van der Waals surface area contributed by atoms with Crippen molar-refractivity contribution in [3.05, 3.63) is 65.0 Å². The monoisotopic (exact) mass is 327 g/mol. The second-order valence-electron chi connectivity index (χ2n) is 6.72. The van der Waals surface area contributed by atoms with Crippen molar-refractivity contribution in [2.45, 2.75) is 39.3 Å². The Bertz CT molecular complexity index is 740. The lowest BCUT2D eigenvalue weighted by atomic mass is 10.1. The number of benzene rings is 2. The van der Waals surface area contributed by atoms with E-state index in [0.29, 0.717) is 24.7 Å². The molecule has 126 valence electrons. The molecule has 2 aromatic rings. The Morgan fingerprint density at radius 1 is 1.17 bits per heavy atom. The van der Waals surface area contributed by atoms with E-state index in [1.165, 1.54) is 11.6 Å². The van der Waals surface area contributed by atoms with Gasteiger partial charge in [-0.3, -0.25) is 4.79 Å². The zero-order chi connectivity index (χ0) is 17.1. The Balaban J connectivity index is 1.64. The van der Waals surface area contributed by atoms with Crippen LogP contribution in [0.4, 0.5) is 10.1 Å². The topological polar surface area (TPSA) is 33.5 Å². The molecule has 0 heterocycles. The highest BCUT2D eigenvalue weighted by atomic mass is 19.1. The molecule has 3 rings (SSSR count). The summed E-state index contributed by atoms with van der Waals surface area (Å²) in [5, 5.41) is 2.97. The van der Waals surface area contributed by atoms with E-state index in [2.05, 4.69) is 5.32 Å². The molecule has 1 aliphatic carbocycles. The van der Waals surface area contributed by atoms with Gasteiger partial charge in [-0.05, 0) is 43.2 Å². The van der Waals surface area contributed by atoms with Gasteiger partial charge in [0.05, 0.1) is 6.04 Å². The molecular weight excluding hydrogens is 303 g/mol. The smallest absolute Gasteiger partial charge is 0.279 e. The van der Waals surface area contributed by atoms with Crippen LogP contribution in [0.5, 0.6) is 0 Å². The van der Waals surface area contributed by atoms with Gasteiger partial charge in [-0.2, -0.15) is 0 Å². The maximum Gasteiger partial charge on any atom is 0.279 e. The summed E-state index contributed by atoms with van der Waals surface area (Å²) in [6.45, 7) is 5.00. The number of carbonyl (C=O) groups is 1. The van der Waals surface area contributed by atoms with Gasteiger partial charge in [0.15, 0.2) is 6.54 Å². The van der Waals surface area contributed by atoms with Crippen LogP contribution in [0.15, 0.2) is 42.5 Å². The van der Waals surface area contributed by atoms with Gasteiger partial charge >= 0.3 is 0 Å². The van der Waals surface area contributed by atoms with Gasteiger partial charge < -0.3 is 10.2 Å². The number of nitrogens with one attached hydrogen (secondary N) is 2. The van der Waals surface area contributed by atoms with Crippen LogP contribution < -0.4 is 10.2 Å². The second kappa shape index (κ2) is 7.14. The van der Waals surface area contributed by atoms with E-state index in [1.807, 2.05) is 38.1 Å². The van der Waals surface area contributed by atoms with Crippen LogP contribution in [0.3, 0.4) is 0 Å². The van der Waals surface area contributed by atoms with Crippen molar-refractivity contribution < 1.29 is 14.1 Å². The molecule has 3 nitrogen and oxygen atoms in total. The minimum atomic E-state index is -0.190. The number of aryl methyl sites for hydroxylation is 2. The molecule has 0 bridgehead atoms. The molecule has 1 unspecified atom stereocenters. The van der Waals surface area contributed by atoms with Crippen molar-refractivity contribution in [3.8, 4) is 0 Å². The van der Waals surface area contributed by atoms with E-state index in [1.54, 1.807) is 12.1 Å². The SMILES string of the molecule is Cc1ccc(NC(=O)C[NH+](Cc2ccccc2F)C2CC2)cc1C. The van der Waals surface area contributed by atoms with Crippen LogP contribution in [0, 0.1) is 19.7 Å². The van der Waals surface area contributed by atoms with Crippen LogP contribution in [0.1, 0.15) is 29.5 Å². The molecule has 24 heavy (non-hydrogen) atoms. The van der Waals surface area contributed by atoms with Gasteiger partial charge in [-0.1, -0.05) is 24.3 Å². The molecule has 0 radical (unpaired) electrons. The fourth-order valence-corrected chi connectivity index (χ4v) is 2.96. The predicted octanol–water partition coefficient (Wildman–Crippen LogP) is 2.63. The first kappa shape index (κ1) is 16.7. The van der Waals surface area contributed by atoms with Crippen LogP contribution in [0.25, 0.3) is 0 Å². The van der Waals surface area contributed by atoms with Crippen molar-refractivity contribution >= 4 is 11.6 Å². The largest absolute Gasteiger partial charge is 0.321 e. The highest BCUT2D eigenvalue weighted by Crippen LogP contribution is 2.17. The van der Waals surface area contributed by atoms with E-state index < -0.39 is 0 Å². The van der Waals surface area contributed by atoms with E-state index in [4.69, 9.17) is 0 Å². The van der Waals surface area contributed by atoms with E-state index in [9.17, 15) is 9.18 Å². The summed E-state index contributed by atoms with van der Waals surface area (Å²) in [6, 6.07) is 13.2. The Labute approximate surface area is 142 Å². The lowest BCUT2D eigenvalue weighted by Crippen LogP contribution is -3.13. The van der Waals surface area contributed by atoms with Gasteiger partial charge in [0.2, 0.25) is 0 Å².